The number of hydrogen-bond acceptors (Lipinski definition) is 4. The van der Waals surface area contributed by atoms with Crippen molar-refractivity contribution in [1.29, 1.82) is 0 Å². The topological polar surface area (TPSA) is 67.4 Å². The van der Waals surface area contributed by atoms with Crippen molar-refractivity contribution in [1.82, 2.24) is 5.32 Å². The molecule has 2 atom stereocenters. The van der Waals surface area contributed by atoms with Gasteiger partial charge in [-0.1, -0.05) is 6.92 Å². The molecule has 1 aliphatic rings. The molecule has 108 valence electrons. The number of amides is 1. The number of benzene rings is 1. The second-order valence-electron chi connectivity index (χ2n) is 4.91. The van der Waals surface area contributed by atoms with E-state index in [1.54, 1.807) is 0 Å². The predicted octanol–water partition coefficient (Wildman–Crippen LogP) is 1.41. The van der Waals surface area contributed by atoms with Gasteiger partial charge in [-0.05, 0) is 30.7 Å². The molecular weight excluding hydrogens is 263 g/mol. The normalized spacial score (nSPS) is 21.6. The van der Waals surface area contributed by atoms with E-state index < -0.39 is 11.8 Å². The van der Waals surface area contributed by atoms with Crippen LogP contribution in [0.15, 0.2) is 18.2 Å². The van der Waals surface area contributed by atoms with Crippen molar-refractivity contribution in [3.8, 4) is 0 Å². The number of rotatable bonds is 3. The zero-order valence-electron chi connectivity index (χ0n) is 11.4. The minimum absolute atomic E-state index is 0.0134. The molecule has 1 aromatic carbocycles. The number of hydrogen-bond donors (Lipinski definition) is 2. The third-order valence-electron chi connectivity index (χ3n) is 3.50. The average Bonchev–Trinajstić information content (AvgIpc) is 2.86. The van der Waals surface area contributed by atoms with E-state index in [0.717, 1.165) is 12.6 Å². The molecule has 1 fully saturated rings. The van der Waals surface area contributed by atoms with E-state index in [1.807, 2.05) is 6.92 Å². The molecule has 0 spiro atoms. The molecule has 0 bridgehead atoms. The fraction of sp³-hybridized carbons (Fsp3) is 0.429. The molecule has 0 aliphatic carbocycles. The van der Waals surface area contributed by atoms with Gasteiger partial charge in [-0.3, -0.25) is 4.79 Å². The molecule has 0 radical (unpaired) electrons. The number of carbonyl (C=O) groups excluding carboxylic acids is 2. The maximum absolute atomic E-state index is 13.2. The van der Waals surface area contributed by atoms with Gasteiger partial charge in [0.05, 0.1) is 24.3 Å². The lowest BCUT2D eigenvalue weighted by atomic mass is 9.97. The van der Waals surface area contributed by atoms with Crippen LogP contribution < -0.4 is 10.6 Å². The van der Waals surface area contributed by atoms with E-state index in [4.69, 9.17) is 0 Å². The largest absolute Gasteiger partial charge is 0.465 e. The van der Waals surface area contributed by atoms with E-state index >= 15 is 0 Å². The van der Waals surface area contributed by atoms with Crippen LogP contribution in [0, 0.1) is 17.7 Å². The standard InChI is InChI=1S/C14H17FN2O3/c1-8-6-16-7-11(8)13(18)17-12-4-3-9(15)5-10(12)14(19)20-2/h3-5,8,11,16H,6-7H2,1-2H3,(H,17,18)/t8-,11-/m1/s1. The fourth-order valence-electron chi connectivity index (χ4n) is 2.29. The van der Waals surface area contributed by atoms with Gasteiger partial charge in [0, 0.05) is 6.54 Å². The first-order chi connectivity index (χ1) is 9.52. The summed E-state index contributed by atoms with van der Waals surface area (Å²) in [5.74, 6) is -1.36. The summed E-state index contributed by atoms with van der Waals surface area (Å²) >= 11 is 0. The van der Waals surface area contributed by atoms with Gasteiger partial charge < -0.3 is 15.4 Å². The van der Waals surface area contributed by atoms with Crippen molar-refractivity contribution in [3.05, 3.63) is 29.6 Å². The number of carbonyl (C=O) groups is 2. The lowest BCUT2D eigenvalue weighted by Crippen LogP contribution is -2.28. The van der Waals surface area contributed by atoms with E-state index in [1.165, 1.54) is 19.2 Å². The Labute approximate surface area is 116 Å². The highest BCUT2D eigenvalue weighted by molar-refractivity contribution is 6.02. The highest BCUT2D eigenvalue weighted by Crippen LogP contribution is 2.22. The van der Waals surface area contributed by atoms with Crippen LogP contribution in [0.1, 0.15) is 17.3 Å². The van der Waals surface area contributed by atoms with Gasteiger partial charge in [-0.15, -0.1) is 0 Å². The first kappa shape index (κ1) is 14.5. The average molecular weight is 280 g/mol. The molecular formula is C14H17FN2O3. The number of anilines is 1. The van der Waals surface area contributed by atoms with Crippen molar-refractivity contribution >= 4 is 17.6 Å². The minimum atomic E-state index is -0.683. The molecule has 6 heteroatoms. The third kappa shape index (κ3) is 2.96. The fourth-order valence-corrected chi connectivity index (χ4v) is 2.29. The van der Waals surface area contributed by atoms with Crippen LogP contribution in [0.5, 0.6) is 0 Å². The smallest absolute Gasteiger partial charge is 0.340 e. The molecule has 0 saturated carbocycles. The minimum Gasteiger partial charge on any atom is -0.465 e. The second kappa shape index (κ2) is 6.00. The van der Waals surface area contributed by atoms with Crippen LogP contribution in [0.4, 0.5) is 10.1 Å². The van der Waals surface area contributed by atoms with Crippen molar-refractivity contribution in [2.75, 3.05) is 25.5 Å². The van der Waals surface area contributed by atoms with Gasteiger partial charge in [0.15, 0.2) is 0 Å². The van der Waals surface area contributed by atoms with E-state index in [0.29, 0.717) is 6.54 Å². The van der Waals surface area contributed by atoms with Crippen molar-refractivity contribution in [2.24, 2.45) is 11.8 Å². The van der Waals surface area contributed by atoms with Crippen molar-refractivity contribution < 1.29 is 18.7 Å². The van der Waals surface area contributed by atoms with Crippen LogP contribution in [-0.2, 0) is 9.53 Å². The van der Waals surface area contributed by atoms with Crippen LogP contribution in [0.25, 0.3) is 0 Å². The number of methoxy groups -OCH3 is 1. The maximum atomic E-state index is 13.2. The van der Waals surface area contributed by atoms with Gasteiger partial charge in [-0.2, -0.15) is 0 Å². The summed E-state index contributed by atoms with van der Waals surface area (Å²) in [6, 6.07) is 3.61. The quantitative estimate of drug-likeness (QED) is 0.821. The first-order valence-corrected chi connectivity index (χ1v) is 6.42. The molecule has 1 saturated heterocycles. The maximum Gasteiger partial charge on any atom is 0.340 e. The number of ether oxygens (including phenoxy) is 1. The highest BCUT2D eigenvalue weighted by atomic mass is 19.1. The lowest BCUT2D eigenvalue weighted by molar-refractivity contribution is -0.120. The van der Waals surface area contributed by atoms with Gasteiger partial charge in [0.25, 0.3) is 0 Å². The molecule has 1 aromatic rings. The monoisotopic (exact) mass is 280 g/mol. The Balaban J connectivity index is 2.20. The number of halogens is 1. The number of esters is 1. The molecule has 1 aliphatic heterocycles. The number of nitrogens with one attached hydrogen (secondary N) is 2. The Morgan fingerprint density at radius 2 is 2.15 bits per heavy atom. The Morgan fingerprint density at radius 3 is 2.75 bits per heavy atom. The summed E-state index contributed by atoms with van der Waals surface area (Å²) < 4.78 is 17.8. The lowest BCUT2D eigenvalue weighted by Gasteiger charge is -2.15. The summed E-state index contributed by atoms with van der Waals surface area (Å²) in [6.45, 7) is 3.36. The van der Waals surface area contributed by atoms with Crippen molar-refractivity contribution in [2.45, 2.75) is 6.92 Å². The highest BCUT2D eigenvalue weighted by Gasteiger charge is 2.30. The van der Waals surface area contributed by atoms with Gasteiger partial charge >= 0.3 is 5.97 Å². The Morgan fingerprint density at radius 1 is 1.40 bits per heavy atom. The van der Waals surface area contributed by atoms with E-state index in [9.17, 15) is 14.0 Å². The molecule has 2 rings (SSSR count). The van der Waals surface area contributed by atoms with Gasteiger partial charge in [-0.25, -0.2) is 9.18 Å². The van der Waals surface area contributed by atoms with Crippen LogP contribution in [0.2, 0.25) is 0 Å². The summed E-state index contributed by atoms with van der Waals surface area (Å²) in [7, 11) is 1.21. The van der Waals surface area contributed by atoms with E-state index in [2.05, 4.69) is 15.4 Å². The zero-order valence-corrected chi connectivity index (χ0v) is 11.4. The molecule has 0 aromatic heterocycles. The van der Waals surface area contributed by atoms with Crippen LogP contribution >= 0.6 is 0 Å². The molecule has 1 heterocycles. The van der Waals surface area contributed by atoms with Crippen LogP contribution in [-0.4, -0.2) is 32.1 Å². The SMILES string of the molecule is COC(=O)c1cc(F)ccc1NC(=O)[C@@H]1CNC[C@H]1C. The van der Waals surface area contributed by atoms with Gasteiger partial charge in [0.2, 0.25) is 5.91 Å². The predicted molar refractivity (Wildman–Crippen MR) is 71.9 cm³/mol. The Bertz CT molecular complexity index is 533. The van der Waals surface area contributed by atoms with Crippen molar-refractivity contribution in [3.63, 3.8) is 0 Å². The summed E-state index contributed by atoms with van der Waals surface area (Å²) in [6.07, 6.45) is 0. The van der Waals surface area contributed by atoms with E-state index in [-0.39, 0.29) is 29.0 Å². The molecule has 0 unspecified atom stereocenters. The third-order valence-corrected chi connectivity index (χ3v) is 3.50. The molecule has 2 N–H and O–H groups in total. The Hall–Kier alpha value is -1.95. The first-order valence-electron chi connectivity index (χ1n) is 6.42. The summed E-state index contributed by atoms with van der Waals surface area (Å²) in [5, 5.41) is 5.81. The second-order valence-corrected chi connectivity index (χ2v) is 4.91. The molecule has 1 amide bonds. The summed E-state index contributed by atoms with van der Waals surface area (Å²) in [5.41, 5.74) is 0.279. The molecule has 5 nitrogen and oxygen atoms in total. The van der Waals surface area contributed by atoms with Crippen LogP contribution in [0.3, 0.4) is 0 Å². The summed E-state index contributed by atoms with van der Waals surface area (Å²) in [4.78, 5) is 23.8. The Kier molecular flexibility index (Phi) is 4.34. The molecule has 20 heavy (non-hydrogen) atoms. The zero-order chi connectivity index (χ0) is 14.7. The van der Waals surface area contributed by atoms with Gasteiger partial charge in [0.1, 0.15) is 5.82 Å².